The summed E-state index contributed by atoms with van der Waals surface area (Å²) in [5, 5.41) is 10.6. The molecule has 82 valence electrons. The Morgan fingerprint density at radius 2 is 2.27 bits per heavy atom. The van der Waals surface area contributed by atoms with E-state index in [1.54, 1.807) is 22.6 Å². The topological polar surface area (TPSA) is 56.0 Å². The van der Waals surface area contributed by atoms with Crippen molar-refractivity contribution in [2.45, 2.75) is 11.8 Å². The fourth-order valence-corrected chi connectivity index (χ4v) is 2.17. The Balaban J connectivity index is 3.45. The molecule has 1 heterocycles. The third-order valence-electron chi connectivity index (χ3n) is 1.65. The van der Waals surface area contributed by atoms with Gasteiger partial charge >= 0.3 is 5.82 Å². The minimum atomic E-state index is -2.74. The van der Waals surface area contributed by atoms with Crippen molar-refractivity contribution in [3.05, 3.63) is 31.0 Å². The van der Waals surface area contributed by atoms with Gasteiger partial charge in [-0.3, -0.25) is 0 Å². The molecule has 1 rings (SSSR count). The van der Waals surface area contributed by atoms with Gasteiger partial charge in [0.25, 0.3) is 6.43 Å². The average molecular weight is 393 g/mol. The summed E-state index contributed by atoms with van der Waals surface area (Å²) in [5.74, 6) is -0.519. The molecule has 0 aliphatic heterocycles. The van der Waals surface area contributed by atoms with E-state index in [1.807, 2.05) is 0 Å². The van der Waals surface area contributed by atoms with E-state index in [2.05, 4.69) is 20.9 Å². The predicted molar refractivity (Wildman–Crippen MR) is 61.2 cm³/mol. The van der Waals surface area contributed by atoms with Gasteiger partial charge in [-0.05, 0) is 9.91 Å². The lowest BCUT2D eigenvalue weighted by atomic mass is 10.1. The van der Waals surface area contributed by atoms with Crippen LogP contribution in [0.25, 0.3) is 0 Å². The van der Waals surface area contributed by atoms with Gasteiger partial charge in [0.2, 0.25) is 3.70 Å². The van der Waals surface area contributed by atoms with Crippen LogP contribution in [-0.4, -0.2) is 9.91 Å². The molecular formula is C7H4BrF2IN2O2. The SMILES string of the molecule is O=[N+]([O-])c1nc(I)cc(C(F)F)c1CBr. The molecule has 1 aromatic heterocycles. The van der Waals surface area contributed by atoms with Gasteiger partial charge in [-0.15, -0.1) is 0 Å². The van der Waals surface area contributed by atoms with Gasteiger partial charge in [0.05, 0.1) is 5.56 Å². The second-order valence-electron chi connectivity index (χ2n) is 2.53. The average Bonchev–Trinajstić information content (AvgIpc) is 2.16. The van der Waals surface area contributed by atoms with Gasteiger partial charge in [0.1, 0.15) is 0 Å². The van der Waals surface area contributed by atoms with Crippen LogP contribution in [0.3, 0.4) is 0 Å². The molecule has 0 aliphatic carbocycles. The van der Waals surface area contributed by atoms with Crippen molar-refractivity contribution < 1.29 is 13.7 Å². The first-order chi connectivity index (χ1) is 6.97. The Morgan fingerprint density at radius 1 is 1.67 bits per heavy atom. The maximum absolute atomic E-state index is 12.6. The summed E-state index contributed by atoms with van der Waals surface area (Å²) in [5.41, 5.74) is -0.423. The molecule has 0 bridgehead atoms. The second kappa shape index (κ2) is 5.10. The summed E-state index contributed by atoms with van der Waals surface area (Å²) in [6, 6.07) is 1.15. The number of nitro groups is 1. The minimum absolute atomic E-state index is 0.0209. The van der Waals surface area contributed by atoms with Gasteiger partial charge < -0.3 is 10.1 Å². The van der Waals surface area contributed by atoms with Gasteiger partial charge in [-0.2, -0.15) is 0 Å². The highest BCUT2D eigenvalue weighted by molar-refractivity contribution is 14.1. The highest BCUT2D eigenvalue weighted by atomic mass is 127. The molecule has 0 aromatic carbocycles. The quantitative estimate of drug-likeness (QED) is 0.260. The Labute approximate surface area is 105 Å². The first kappa shape index (κ1) is 12.7. The summed E-state index contributed by atoms with van der Waals surface area (Å²) in [6.07, 6.45) is -2.74. The normalized spacial score (nSPS) is 10.7. The highest BCUT2D eigenvalue weighted by Gasteiger charge is 2.25. The van der Waals surface area contributed by atoms with E-state index in [1.165, 1.54) is 0 Å². The monoisotopic (exact) mass is 392 g/mol. The number of hydrogen-bond acceptors (Lipinski definition) is 3. The number of rotatable bonds is 3. The first-order valence-corrected chi connectivity index (χ1v) is 5.85. The number of pyridine rings is 1. The second-order valence-corrected chi connectivity index (χ2v) is 4.19. The largest absolute Gasteiger partial charge is 0.369 e. The fraction of sp³-hybridized carbons (Fsp3) is 0.286. The van der Waals surface area contributed by atoms with Crippen LogP contribution >= 0.6 is 38.5 Å². The molecule has 0 N–H and O–H groups in total. The van der Waals surface area contributed by atoms with Crippen LogP contribution < -0.4 is 0 Å². The summed E-state index contributed by atoms with van der Waals surface area (Å²) in [6.45, 7) is 0. The number of aromatic nitrogens is 1. The zero-order valence-corrected chi connectivity index (χ0v) is 10.8. The smallest absolute Gasteiger partial charge is 0.358 e. The van der Waals surface area contributed by atoms with Crippen LogP contribution in [-0.2, 0) is 5.33 Å². The molecule has 0 unspecified atom stereocenters. The summed E-state index contributed by atoms with van der Waals surface area (Å²) < 4.78 is 25.3. The van der Waals surface area contributed by atoms with E-state index in [4.69, 9.17) is 0 Å². The molecule has 15 heavy (non-hydrogen) atoms. The Hall–Kier alpha value is -0.380. The van der Waals surface area contributed by atoms with Crippen LogP contribution in [0, 0.1) is 13.8 Å². The van der Waals surface area contributed by atoms with Crippen LogP contribution in [0.15, 0.2) is 6.07 Å². The number of nitrogens with zero attached hydrogens (tertiary/aromatic N) is 2. The van der Waals surface area contributed by atoms with Crippen LogP contribution in [0.2, 0.25) is 0 Å². The van der Waals surface area contributed by atoms with Gasteiger partial charge in [-0.25, -0.2) is 8.78 Å². The van der Waals surface area contributed by atoms with E-state index < -0.39 is 17.2 Å². The van der Waals surface area contributed by atoms with Crippen molar-refractivity contribution in [1.29, 1.82) is 0 Å². The Bertz CT molecular complexity index is 403. The van der Waals surface area contributed by atoms with Crippen LogP contribution in [0.5, 0.6) is 0 Å². The van der Waals surface area contributed by atoms with Gasteiger partial charge in [-0.1, -0.05) is 15.9 Å². The lowest BCUT2D eigenvalue weighted by Crippen LogP contribution is -2.03. The zero-order chi connectivity index (χ0) is 11.6. The molecular weight excluding hydrogens is 389 g/mol. The third-order valence-corrected chi connectivity index (χ3v) is 2.76. The third kappa shape index (κ3) is 2.80. The highest BCUT2D eigenvalue weighted by Crippen LogP contribution is 2.31. The minimum Gasteiger partial charge on any atom is -0.358 e. The Morgan fingerprint density at radius 3 is 2.67 bits per heavy atom. The standard InChI is InChI=1S/C7H4BrF2IN2O2/c8-2-4-3(6(9)10)1-5(11)12-7(4)13(14)15/h1,6H,2H2. The molecule has 4 nitrogen and oxygen atoms in total. The molecule has 0 saturated carbocycles. The molecule has 0 amide bonds. The first-order valence-electron chi connectivity index (χ1n) is 3.65. The van der Waals surface area contributed by atoms with E-state index in [-0.39, 0.29) is 20.2 Å². The summed E-state index contributed by atoms with van der Waals surface area (Å²) in [4.78, 5) is 13.4. The maximum atomic E-state index is 12.6. The molecule has 0 saturated heterocycles. The van der Waals surface area contributed by atoms with Crippen molar-refractivity contribution in [2.24, 2.45) is 0 Å². The molecule has 8 heteroatoms. The van der Waals surface area contributed by atoms with E-state index in [0.717, 1.165) is 6.07 Å². The van der Waals surface area contributed by atoms with Crippen molar-refractivity contribution in [2.75, 3.05) is 0 Å². The molecule has 0 aliphatic rings. The fourth-order valence-electron chi connectivity index (χ4n) is 1.03. The van der Waals surface area contributed by atoms with Gasteiger partial charge in [0, 0.05) is 39.6 Å². The molecule has 0 atom stereocenters. The van der Waals surface area contributed by atoms with Crippen molar-refractivity contribution in [3.8, 4) is 0 Å². The Kier molecular flexibility index (Phi) is 4.32. The predicted octanol–water partition coefficient (Wildman–Crippen LogP) is 3.43. The number of halogens is 4. The lowest BCUT2D eigenvalue weighted by Gasteiger charge is -2.06. The van der Waals surface area contributed by atoms with Crippen LogP contribution in [0.1, 0.15) is 17.6 Å². The van der Waals surface area contributed by atoms with E-state index in [9.17, 15) is 18.9 Å². The number of hydrogen-bond donors (Lipinski definition) is 0. The zero-order valence-electron chi connectivity index (χ0n) is 7.08. The molecule has 0 fully saturated rings. The summed E-state index contributed by atoms with van der Waals surface area (Å²) >= 11 is 4.61. The van der Waals surface area contributed by atoms with Crippen molar-refractivity contribution >= 4 is 44.3 Å². The van der Waals surface area contributed by atoms with Crippen LogP contribution in [0.4, 0.5) is 14.6 Å². The van der Waals surface area contributed by atoms with Crippen molar-refractivity contribution in [3.63, 3.8) is 0 Å². The molecule has 0 spiro atoms. The maximum Gasteiger partial charge on any atom is 0.369 e. The van der Waals surface area contributed by atoms with E-state index in [0.29, 0.717) is 0 Å². The van der Waals surface area contributed by atoms with Gasteiger partial charge in [0.15, 0.2) is 0 Å². The lowest BCUT2D eigenvalue weighted by molar-refractivity contribution is -0.390. The molecule has 0 radical (unpaired) electrons. The number of alkyl halides is 3. The van der Waals surface area contributed by atoms with Crippen molar-refractivity contribution in [1.82, 2.24) is 4.98 Å². The summed E-state index contributed by atoms with van der Waals surface area (Å²) in [7, 11) is 0. The molecule has 1 aromatic rings. The van der Waals surface area contributed by atoms with E-state index >= 15 is 0 Å².